The van der Waals surface area contributed by atoms with Crippen LogP contribution in [0, 0.1) is 0 Å². The quantitative estimate of drug-likeness (QED) is 0.279. The molecule has 0 saturated heterocycles. The molecule has 0 aliphatic heterocycles. The molecule has 0 radical (unpaired) electrons. The van der Waals surface area contributed by atoms with Gasteiger partial charge >= 0.3 is 12.1 Å². The van der Waals surface area contributed by atoms with Crippen molar-refractivity contribution < 1.29 is 19.1 Å². The topological polar surface area (TPSA) is 103 Å². The Morgan fingerprint density at radius 3 is 2.43 bits per heavy atom. The van der Waals surface area contributed by atoms with E-state index in [2.05, 4.69) is 12.2 Å². The molecular formula is C16H25N3O4. The lowest BCUT2D eigenvalue weighted by Gasteiger charge is -2.19. The Hall–Kier alpha value is -2.28. The number of ether oxygens (including phenoxy) is 2. The molecule has 0 bridgehead atoms. The van der Waals surface area contributed by atoms with Gasteiger partial charge in [-0.1, -0.05) is 19.8 Å². The maximum atomic E-state index is 11.6. The largest absolute Gasteiger partial charge is 0.462 e. The Balaban J connectivity index is 2.63. The Labute approximate surface area is 136 Å². The molecule has 1 aromatic carbocycles. The number of nitrogens with one attached hydrogen (secondary N) is 2. The van der Waals surface area contributed by atoms with E-state index >= 15 is 0 Å². The molecule has 1 aromatic rings. The van der Waals surface area contributed by atoms with Crippen LogP contribution in [0.1, 0.15) is 43.5 Å². The number of benzene rings is 1. The lowest BCUT2D eigenvalue weighted by atomic mass is 10.1. The van der Waals surface area contributed by atoms with Crippen molar-refractivity contribution >= 4 is 17.7 Å². The second-order valence-corrected chi connectivity index (χ2v) is 5.02. The van der Waals surface area contributed by atoms with Gasteiger partial charge in [0.15, 0.2) is 0 Å². The monoisotopic (exact) mass is 323 g/mol. The van der Waals surface area contributed by atoms with Crippen LogP contribution in [-0.4, -0.2) is 31.3 Å². The molecule has 1 unspecified atom stereocenters. The minimum Gasteiger partial charge on any atom is -0.462 e. The number of anilines is 1. The second-order valence-electron chi connectivity index (χ2n) is 5.02. The highest BCUT2D eigenvalue weighted by molar-refractivity contribution is 5.89. The first-order chi connectivity index (χ1) is 11.1. The summed E-state index contributed by atoms with van der Waals surface area (Å²) in [7, 11) is 0. The highest BCUT2D eigenvalue weighted by atomic mass is 16.6. The predicted molar refractivity (Wildman–Crippen MR) is 88.0 cm³/mol. The van der Waals surface area contributed by atoms with E-state index in [1.165, 1.54) is 0 Å². The Kier molecular flexibility index (Phi) is 8.52. The van der Waals surface area contributed by atoms with Crippen molar-refractivity contribution in [2.75, 3.05) is 18.5 Å². The van der Waals surface area contributed by atoms with Gasteiger partial charge in [-0.3, -0.25) is 5.43 Å². The van der Waals surface area contributed by atoms with Crippen LogP contribution in [0.15, 0.2) is 24.3 Å². The fourth-order valence-electron chi connectivity index (χ4n) is 2.02. The number of nitrogens with two attached hydrogens (primary N) is 1. The minimum absolute atomic E-state index is 0.0271. The number of hydrogen-bond donors (Lipinski definition) is 3. The van der Waals surface area contributed by atoms with E-state index in [0.717, 1.165) is 24.9 Å². The number of hydrogen-bond acceptors (Lipinski definition) is 6. The zero-order valence-corrected chi connectivity index (χ0v) is 13.6. The average molecular weight is 323 g/mol. The fraction of sp³-hybridized carbons (Fsp3) is 0.500. The molecule has 1 amide bonds. The third-order valence-corrected chi connectivity index (χ3v) is 3.21. The van der Waals surface area contributed by atoms with Crippen molar-refractivity contribution in [1.82, 2.24) is 5.43 Å². The van der Waals surface area contributed by atoms with Crippen LogP contribution in [0.4, 0.5) is 10.5 Å². The van der Waals surface area contributed by atoms with Crippen molar-refractivity contribution in [3.8, 4) is 0 Å². The van der Waals surface area contributed by atoms with Gasteiger partial charge in [-0.15, -0.1) is 0 Å². The van der Waals surface area contributed by atoms with Gasteiger partial charge in [0.05, 0.1) is 18.2 Å². The van der Waals surface area contributed by atoms with Crippen LogP contribution in [-0.2, 0) is 9.47 Å². The van der Waals surface area contributed by atoms with E-state index < -0.39 is 6.09 Å². The summed E-state index contributed by atoms with van der Waals surface area (Å²) in [5, 5.41) is 3.29. The summed E-state index contributed by atoms with van der Waals surface area (Å²) in [6, 6.07) is 6.97. The molecule has 4 N–H and O–H groups in total. The van der Waals surface area contributed by atoms with Gasteiger partial charge in [-0.2, -0.15) is 0 Å². The van der Waals surface area contributed by atoms with E-state index in [-0.39, 0.29) is 18.6 Å². The first kappa shape index (κ1) is 18.8. The summed E-state index contributed by atoms with van der Waals surface area (Å²) in [5.74, 6) is 4.65. The predicted octanol–water partition coefficient (Wildman–Crippen LogP) is 2.43. The van der Waals surface area contributed by atoms with Crippen LogP contribution in [0.3, 0.4) is 0 Å². The molecule has 7 heteroatoms. The molecular weight excluding hydrogens is 298 g/mol. The molecule has 0 saturated carbocycles. The number of esters is 1. The summed E-state index contributed by atoms with van der Waals surface area (Å²) in [6.07, 6.45) is 2.24. The van der Waals surface area contributed by atoms with Crippen molar-refractivity contribution in [1.29, 1.82) is 0 Å². The summed E-state index contributed by atoms with van der Waals surface area (Å²) in [6.45, 7) is 4.42. The Morgan fingerprint density at radius 1 is 1.17 bits per heavy atom. The average Bonchev–Trinajstić information content (AvgIpc) is 2.57. The highest BCUT2D eigenvalue weighted by Crippen LogP contribution is 2.14. The van der Waals surface area contributed by atoms with Gasteiger partial charge in [0.25, 0.3) is 0 Å². The maximum Gasteiger partial charge on any atom is 0.421 e. The molecule has 1 atom stereocenters. The number of amides is 1. The third-order valence-electron chi connectivity index (χ3n) is 3.21. The van der Waals surface area contributed by atoms with Crippen LogP contribution in [0.25, 0.3) is 0 Å². The van der Waals surface area contributed by atoms with Crippen molar-refractivity contribution in [3.63, 3.8) is 0 Å². The van der Waals surface area contributed by atoms with E-state index in [9.17, 15) is 9.59 Å². The smallest absolute Gasteiger partial charge is 0.421 e. The Morgan fingerprint density at radius 2 is 1.87 bits per heavy atom. The first-order valence-electron chi connectivity index (χ1n) is 7.77. The summed E-state index contributed by atoms with van der Waals surface area (Å²) >= 11 is 0. The fourth-order valence-corrected chi connectivity index (χ4v) is 2.02. The second kappa shape index (κ2) is 10.4. The van der Waals surface area contributed by atoms with E-state index in [1.54, 1.807) is 31.2 Å². The van der Waals surface area contributed by atoms with E-state index in [4.69, 9.17) is 15.3 Å². The van der Waals surface area contributed by atoms with Crippen LogP contribution < -0.4 is 16.6 Å². The zero-order valence-electron chi connectivity index (χ0n) is 13.6. The third kappa shape index (κ3) is 7.01. The van der Waals surface area contributed by atoms with Gasteiger partial charge < -0.3 is 14.8 Å². The maximum absolute atomic E-state index is 11.6. The van der Waals surface area contributed by atoms with Gasteiger partial charge in [-0.05, 0) is 37.6 Å². The molecule has 0 spiro atoms. The molecule has 0 heterocycles. The van der Waals surface area contributed by atoms with Gasteiger partial charge in [0.1, 0.15) is 6.61 Å². The first-order valence-corrected chi connectivity index (χ1v) is 7.77. The number of unbranched alkanes of at least 4 members (excludes halogenated alkanes) is 1. The molecule has 1 rings (SSSR count). The van der Waals surface area contributed by atoms with Gasteiger partial charge in [0.2, 0.25) is 0 Å². The van der Waals surface area contributed by atoms with E-state index in [1.807, 2.05) is 5.43 Å². The number of rotatable bonds is 9. The molecule has 0 fully saturated rings. The molecule has 128 valence electrons. The summed E-state index contributed by atoms with van der Waals surface area (Å²) in [4.78, 5) is 22.7. The van der Waals surface area contributed by atoms with Gasteiger partial charge in [-0.25, -0.2) is 15.4 Å². The van der Waals surface area contributed by atoms with Crippen molar-refractivity contribution in [2.45, 2.75) is 39.2 Å². The minimum atomic E-state index is -0.661. The molecule has 7 nitrogen and oxygen atoms in total. The zero-order chi connectivity index (χ0) is 17.1. The van der Waals surface area contributed by atoms with E-state index in [0.29, 0.717) is 12.2 Å². The van der Waals surface area contributed by atoms with Crippen molar-refractivity contribution in [3.05, 3.63) is 29.8 Å². The van der Waals surface area contributed by atoms with Crippen LogP contribution >= 0.6 is 0 Å². The highest BCUT2D eigenvalue weighted by Gasteiger charge is 2.12. The molecule has 23 heavy (non-hydrogen) atoms. The Bertz CT molecular complexity index is 491. The standard InChI is InChI=1S/C16H25N3O4/c1-3-5-6-14(11-23-16(21)19-17)18-13-9-7-12(8-10-13)15(20)22-4-2/h7-10,14,18H,3-6,11,17H2,1-2H3,(H,19,21). The summed E-state index contributed by atoms with van der Waals surface area (Å²) < 4.78 is 9.95. The molecule has 0 aliphatic rings. The number of carbonyl (C=O) groups is 2. The molecule has 0 aromatic heterocycles. The van der Waals surface area contributed by atoms with Gasteiger partial charge in [0, 0.05) is 5.69 Å². The van der Waals surface area contributed by atoms with Crippen LogP contribution in [0.5, 0.6) is 0 Å². The van der Waals surface area contributed by atoms with Crippen molar-refractivity contribution in [2.24, 2.45) is 5.84 Å². The van der Waals surface area contributed by atoms with Crippen LogP contribution in [0.2, 0.25) is 0 Å². The lowest BCUT2D eigenvalue weighted by Crippen LogP contribution is -2.35. The molecule has 0 aliphatic carbocycles. The number of carbonyl (C=O) groups excluding carboxylic acids is 2. The summed E-state index contributed by atoms with van der Waals surface area (Å²) in [5.41, 5.74) is 3.28. The number of hydrazine groups is 1. The lowest BCUT2D eigenvalue weighted by molar-refractivity contribution is 0.0526. The SMILES string of the molecule is CCCCC(COC(=O)NN)Nc1ccc(C(=O)OCC)cc1. The normalized spacial score (nSPS) is 11.4.